The van der Waals surface area contributed by atoms with E-state index < -0.39 is 0 Å². The van der Waals surface area contributed by atoms with Gasteiger partial charge >= 0.3 is 0 Å². The van der Waals surface area contributed by atoms with Crippen LogP contribution in [0.4, 0.5) is 0 Å². The number of hydrogen-bond donors (Lipinski definition) is 2. The van der Waals surface area contributed by atoms with Gasteiger partial charge in [0.2, 0.25) is 0 Å². The molecular formula is C15H16N2O2. The Morgan fingerprint density at radius 3 is 2.37 bits per heavy atom. The Kier molecular flexibility index (Phi) is 4.53. The largest absolute Gasteiger partial charge is 0.489 e. The monoisotopic (exact) mass is 256 g/mol. The average molecular weight is 256 g/mol. The second-order valence-corrected chi connectivity index (χ2v) is 4.00. The van der Waals surface area contributed by atoms with Crippen LogP contribution in [-0.4, -0.2) is 13.0 Å². The Hall–Kier alpha value is -2.33. The molecule has 0 spiro atoms. The minimum absolute atomic E-state index is 0.169. The first-order valence-corrected chi connectivity index (χ1v) is 6.03. The van der Waals surface area contributed by atoms with E-state index >= 15 is 0 Å². The van der Waals surface area contributed by atoms with Crippen LogP contribution in [0.15, 0.2) is 54.6 Å². The van der Waals surface area contributed by atoms with E-state index in [4.69, 9.17) is 4.74 Å². The normalized spacial score (nSPS) is 9.95. The quantitative estimate of drug-likeness (QED) is 0.806. The summed E-state index contributed by atoms with van der Waals surface area (Å²) in [4.78, 5) is 11.5. The molecule has 0 atom stereocenters. The standard InChI is InChI=1S/C15H16N2O2/c1-16-17-15(18)13-7-9-14(10-8-13)19-11-12-5-3-2-4-6-12/h2-10,16H,11H2,1H3,(H,17,18). The molecule has 0 aliphatic rings. The average Bonchev–Trinajstić information content (AvgIpc) is 2.47. The van der Waals surface area contributed by atoms with Crippen LogP contribution >= 0.6 is 0 Å². The molecule has 4 nitrogen and oxygen atoms in total. The minimum Gasteiger partial charge on any atom is -0.489 e. The summed E-state index contributed by atoms with van der Waals surface area (Å²) in [5.74, 6) is 0.571. The predicted octanol–water partition coefficient (Wildman–Crippen LogP) is 2.13. The van der Waals surface area contributed by atoms with Crippen molar-refractivity contribution in [1.29, 1.82) is 0 Å². The van der Waals surface area contributed by atoms with E-state index in [2.05, 4.69) is 10.9 Å². The number of rotatable bonds is 5. The fourth-order valence-corrected chi connectivity index (χ4v) is 1.63. The highest BCUT2D eigenvalue weighted by Crippen LogP contribution is 2.14. The van der Waals surface area contributed by atoms with Crippen LogP contribution in [0.5, 0.6) is 5.75 Å². The zero-order valence-electron chi connectivity index (χ0n) is 10.7. The maximum atomic E-state index is 11.5. The van der Waals surface area contributed by atoms with Crippen molar-refractivity contribution in [1.82, 2.24) is 10.9 Å². The zero-order valence-corrected chi connectivity index (χ0v) is 10.7. The summed E-state index contributed by atoms with van der Waals surface area (Å²) < 4.78 is 5.64. The minimum atomic E-state index is -0.169. The molecule has 0 radical (unpaired) electrons. The second-order valence-electron chi connectivity index (χ2n) is 4.00. The lowest BCUT2D eigenvalue weighted by Crippen LogP contribution is -2.33. The number of carbonyl (C=O) groups excluding carboxylic acids is 1. The van der Waals surface area contributed by atoms with Crippen LogP contribution in [-0.2, 0) is 6.61 Å². The van der Waals surface area contributed by atoms with Gasteiger partial charge in [-0.25, -0.2) is 5.43 Å². The van der Waals surface area contributed by atoms with E-state index in [1.54, 1.807) is 31.3 Å². The van der Waals surface area contributed by atoms with E-state index in [0.29, 0.717) is 12.2 Å². The molecule has 2 N–H and O–H groups in total. The molecule has 98 valence electrons. The van der Waals surface area contributed by atoms with Crippen molar-refractivity contribution < 1.29 is 9.53 Å². The molecule has 2 rings (SSSR count). The molecule has 0 aliphatic carbocycles. The second kappa shape index (κ2) is 6.56. The van der Waals surface area contributed by atoms with Gasteiger partial charge in [0, 0.05) is 12.6 Å². The van der Waals surface area contributed by atoms with Crippen LogP contribution in [0.1, 0.15) is 15.9 Å². The molecule has 0 aliphatic heterocycles. The van der Waals surface area contributed by atoms with E-state index in [-0.39, 0.29) is 5.91 Å². The molecule has 1 amide bonds. The third-order valence-corrected chi connectivity index (χ3v) is 2.60. The van der Waals surface area contributed by atoms with Gasteiger partial charge in [-0.05, 0) is 29.8 Å². The molecule has 0 fully saturated rings. The first kappa shape index (κ1) is 13.1. The Balaban J connectivity index is 1.94. The summed E-state index contributed by atoms with van der Waals surface area (Å²) in [7, 11) is 1.65. The maximum Gasteiger partial charge on any atom is 0.265 e. The third kappa shape index (κ3) is 3.82. The SMILES string of the molecule is CNNC(=O)c1ccc(OCc2ccccc2)cc1. The van der Waals surface area contributed by atoms with Gasteiger partial charge in [-0.15, -0.1) is 0 Å². The van der Waals surface area contributed by atoms with Gasteiger partial charge in [-0.1, -0.05) is 30.3 Å². The molecule has 4 heteroatoms. The molecular weight excluding hydrogens is 240 g/mol. The molecule has 0 heterocycles. The summed E-state index contributed by atoms with van der Waals surface area (Å²) in [6.45, 7) is 0.517. The lowest BCUT2D eigenvalue weighted by molar-refractivity contribution is 0.0938. The van der Waals surface area contributed by atoms with Crippen molar-refractivity contribution in [3.8, 4) is 5.75 Å². The molecule has 0 saturated carbocycles. The lowest BCUT2D eigenvalue weighted by Gasteiger charge is -2.07. The van der Waals surface area contributed by atoms with Gasteiger partial charge in [-0.3, -0.25) is 10.2 Å². The van der Waals surface area contributed by atoms with Gasteiger partial charge in [0.1, 0.15) is 12.4 Å². The zero-order chi connectivity index (χ0) is 13.5. The van der Waals surface area contributed by atoms with E-state index in [1.165, 1.54) is 0 Å². The number of benzene rings is 2. The summed E-state index contributed by atoms with van der Waals surface area (Å²) in [6, 6.07) is 17.0. The Morgan fingerprint density at radius 2 is 1.74 bits per heavy atom. The summed E-state index contributed by atoms with van der Waals surface area (Å²) in [6.07, 6.45) is 0. The van der Waals surface area contributed by atoms with Gasteiger partial charge in [0.25, 0.3) is 5.91 Å². The number of amides is 1. The fraction of sp³-hybridized carbons (Fsp3) is 0.133. The summed E-state index contributed by atoms with van der Waals surface area (Å²) in [5.41, 5.74) is 6.80. The first-order valence-electron chi connectivity index (χ1n) is 6.03. The van der Waals surface area contributed by atoms with Gasteiger partial charge in [-0.2, -0.15) is 0 Å². The van der Waals surface area contributed by atoms with Crippen molar-refractivity contribution in [2.75, 3.05) is 7.05 Å². The van der Waals surface area contributed by atoms with Crippen molar-refractivity contribution in [2.45, 2.75) is 6.61 Å². The number of ether oxygens (including phenoxy) is 1. The highest BCUT2D eigenvalue weighted by molar-refractivity contribution is 5.93. The molecule has 0 bridgehead atoms. The third-order valence-electron chi connectivity index (χ3n) is 2.60. The van der Waals surface area contributed by atoms with Crippen molar-refractivity contribution in [3.63, 3.8) is 0 Å². The molecule has 19 heavy (non-hydrogen) atoms. The first-order chi connectivity index (χ1) is 9.29. The molecule has 0 saturated heterocycles. The van der Waals surface area contributed by atoms with Crippen LogP contribution in [0.3, 0.4) is 0 Å². The van der Waals surface area contributed by atoms with Crippen LogP contribution in [0.2, 0.25) is 0 Å². The summed E-state index contributed by atoms with van der Waals surface area (Å²) in [5, 5.41) is 0. The Bertz CT molecular complexity index is 524. The van der Waals surface area contributed by atoms with E-state index in [9.17, 15) is 4.79 Å². The lowest BCUT2D eigenvalue weighted by atomic mass is 10.2. The van der Waals surface area contributed by atoms with Gasteiger partial charge in [0.15, 0.2) is 0 Å². The topological polar surface area (TPSA) is 50.4 Å². The molecule has 2 aromatic carbocycles. The van der Waals surface area contributed by atoms with Gasteiger partial charge < -0.3 is 4.74 Å². The Labute approximate surface area is 112 Å². The van der Waals surface area contributed by atoms with Crippen molar-refractivity contribution >= 4 is 5.91 Å². The predicted molar refractivity (Wildman–Crippen MR) is 73.7 cm³/mol. The number of carbonyl (C=O) groups is 1. The number of hydrazine groups is 1. The Morgan fingerprint density at radius 1 is 1.05 bits per heavy atom. The van der Waals surface area contributed by atoms with E-state index in [1.807, 2.05) is 30.3 Å². The van der Waals surface area contributed by atoms with Crippen molar-refractivity contribution in [3.05, 3.63) is 65.7 Å². The molecule has 2 aromatic rings. The fourth-order valence-electron chi connectivity index (χ4n) is 1.63. The molecule has 0 aromatic heterocycles. The number of nitrogens with one attached hydrogen (secondary N) is 2. The van der Waals surface area contributed by atoms with Crippen LogP contribution in [0.25, 0.3) is 0 Å². The van der Waals surface area contributed by atoms with Crippen LogP contribution < -0.4 is 15.6 Å². The maximum absolute atomic E-state index is 11.5. The van der Waals surface area contributed by atoms with Gasteiger partial charge in [0.05, 0.1) is 0 Å². The van der Waals surface area contributed by atoms with E-state index in [0.717, 1.165) is 11.3 Å². The summed E-state index contributed by atoms with van der Waals surface area (Å²) >= 11 is 0. The smallest absolute Gasteiger partial charge is 0.265 e. The molecule has 0 unspecified atom stereocenters. The number of hydrogen-bond acceptors (Lipinski definition) is 3. The highest BCUT2D eigenvalue weighted by Gasteiger charge is 2.03. The van der Waals surface area contributed by atoms with Crippen LogP contribution in [0, 0.1) is 0 Å². The van der Waals surface area contributed by atoms with Crippen molar-refractivity contribution in [2.24, 2.45) is 0 Å². The highest BCUT2D eigenvalue weighted by atomic mass is 16.5.